The number of carbonyl (C=O) groups excluding carboxylic acids is 1. The Morgan fingerprint density at radius 2 is 1.54 bits per heavy atom. The third-order valence-electron chi connectivity index (χ3n) is 4.97. The average Bonchev–Trinajstić information content (AvgIpc) is 2.69. The Labute approximate surface area is 166 Å². The summed E-state index contributed by atoms with van der Waals surface area (Å²) in [5.41, 5.74) is 0. The molecular formula is C19H32O9. The third kappa shape index (κ3) is 5.88. The van der Waals surface area contributed by atoms with Gasteiger partial charge in [0.2, 0.25) is 0 Å². The van der Waals surface area contributed by atoms with Crippen LogP contribution in [0.15, 0.2) is 12.7 Å². The van der Waals surface area contributed by atoms with Crippen molar-refractivity contribution in [2.75, 3.05) is 27.9 Å². The maximum absolute atomic E-state index is 11.8. The topological polar surface area (TPSA) is 90.9 Å². The zero-order valence-electron chi connectivity index (χ0n) is 17.2. The lowest BCUT2D eigenvalue weighted by molar-refractivity contribution is -0.312. The normalized spacial score (nSPS) is 38.6. The van der Waals surface area contributed by atoms with Crippen LogP contribution in [-0.4, -0.2) is 83.3 Å². The minimum atomic E-state index is -0.791. The van der Waals surface area contributed by atoms with E-state index in [2.05, 4.69) is 6.58 Å². The second kappa shape index (κ2) is 11.1. The van der Waals surface area contributed by atoms with Crippen LogP contribution in [0.4, 0.5) is 4.79 Å². The summed E-state index contributed by atoms with van der Waals surface area (Å²) < 4.78 is 44.5. The number of ether oxygens (including phenoxy) is 8. The van der Waals surface area contributed by atoms with Crippen molar-refractivity contribution < 1.29 is 42.7 Å². The van der Waals surface area contributed by atoms with Gasteiger partial charge in [-0.05, 0) is 13.8 Å². The smallest absolute Gasteiger partial charge is 0.430 e. The summed E-state index contributed by atoms with van der Waals surface area (Å²) in [6.45, 7) is 7.27. The van der Waals surface area contributed by atoms with E-state index in [-0.39, 0.29) is 31.2 Å². The van der Waals surface area contributed by atoms with Crippen molar-refractivity contribution in [1.82, 2.24) is 0 Å². The maximum Gasteiger partial charge on any atom is 0.509 e. The van der Waals surface area contributed by atoms with E-state index in [1.807, 2.05) is 6.92 Å². The van der Waals surface area contributed by atoms with Gasteiger partial charge in [-0.1, -0.05) is 12.7 Å². The minimum Gasteiger partial charge on any atom is -0.430 e. The van der Waals surface area contributed by atoms with Gasteiger partial charge in [0.1, 0.15) is 18.8 Å². The number of rotatable bonds is 8. The molecule has 2 aliphatic heterocycles. The van der Waals surface area contributed by atoms with E-state index in [1.54, 1.807) is 28.3 Å². The molecule has 0 amide bonds. The van der Waals surface area contributed by atoms with Gasteiger partial charge in [0.25, 0.3) is 0 Å². The van der Waals surface area contributed by atoms with Crippen molar-refractivity contribution in [2.24, 2.45) is 0 Å². The summed E-state index contributed by atoms with van der Waals surface area (Å²) >= 11 is 0. The zero-order valence-corrected chi connectivity index (χ0v) is 17.2. The monoisotopic (exact) mass is 404 g/mol. The van der Waals surface area contributed by atoms with Gasteiger partial charge in [-0.25, -0.2) is 4.79 Å². The van der Waals surface area contributed by atoms with Gasteiger partial charge in [-0.15, -0.1) is 0 Å². The number of methoxy groups -OCH3 is 3. The molecule has 0 saturated carbocycles. The van der Waals surface area contributed by atoms with Crippen molar-refractivity contribution in [3.05, 3.63) is 12.7 Å². The molecular weight excluding hydrogens is 372 g/mol. The zero-order chi connectivity index (χ0) is 20.7. The number of hydrogen-bond acceptors (Lipinski definition) is 9. The number of carbonyl (C=O) groups is 1. The highest BCUT2D eigenvalue weighted by molar-refractivity contribution is 5.60. The molecule has 2 heterocycles. The molecule has 9 heteroatoms. The predicted molar refractivity (Wildman–Crippen MR) is 97.8 cm³/mol. The van der Waals surface area contributed by atoms with Gasteiger partial charge in [0.05, 0.1) is 18.3 Å². The molecule has 0 aliphatic carbocycles. The molecule has 2 fully saturated rings. The molecule has 0 aromatic rings. The summed E-state index contributed by atoms with van der Waals surface area (Å²) in [6, 6.07) is 0. The Kier molecular flexibility index (Phi) is 9.13. The van der Waals surface area contributed by atoms with E-state index in [0.717, 1.165) is 0 Å². The predicted octanol–water partition coefficient (Wildman–Crippen LogP) is 2.03. The van der Waals surface area contributed by atoms with E-state index < -0.39 is 30.8 Å². The molecule has 0 unspecified atom stereocenters. The van der Waals surface area contributed by atoms with Crippen molar-refractivity contribution in [1.29, 1.82) is 0 Å². The van der Waals surface area contributed by atoms with E-state index in [1.165, 1.54) is 6.08 Å². The molecule has 0 spiro atoms. The minimum absolute atomic E-state index is 0.0740. The molecule has 162 valence electrons. The Bertz CT molecular complexity index is 500. The van der Waals surface area contributed by atoms with Crippen molar-refractivity contribution in [3.63, 3.8) is 0 Å². The Balaban J connectivity index is 1.97. The number of hydrogen-bond donors (Lipinski definition) is 0. The van der Waals surface area contributed by atoms with Crippen LogP contribution in [0.2, 0.25) is 0 Å². The second-order valence-electron chi connectivity index (χ2n) is 6.83. The van der Waals surface area contributed by atoms with Crippen LogP contribution in [0.25, 0.3) is 0 Å². The Hall–Kier alpha value is -1.23. The summed E-state index contributed by atoms with van der Waals surface area (Å²) in [5, 5.41) is 0. The standard InChI is InChI=1S/C19H32O9/c1-7-8-24-19(20)28-18-12(3)26-16(10-14(18)22-5)27-17-11(2)25-15(23-6)9-13(17)21-4/h7,11-18H,1,8-10H2,2-6H3/t11-,12-,13-,14-,15+,16-,17-,18-/m0/s1. The highest BCUT2D eigenvalue weighted by Crippen LogP contribution is 2.31. The van der Waals surface area contributed by atoms with E-state index >= 15 is 0 Å². The van der Waals surface area contributed by atoms with Gasteiger partial charge >= 0.3 is 6.16 Å². The van der Waals surface area contributed by atoms with Crippen molar-refractivity contribution >= 4 is 6.16 Å². The first-order valence-electron chi connectivity index (χ1n) is 9.42. The lowest BCUT2D eigenvalue weighted by atomic mass is 10.00. The molecule has 0 aromatic carbocycles. The first kappa shape index (κ1) is 23.1. The van der Waals surface area contributed by atoms with Crippen LogP contribution in [-0.2, 0) is 37.9 Å². The van der Waals surface area contributed by atoms with Crippen LogP contribution >= 0.6 is 0 Å². The molecule has 0 bridgehead atoms. The summed E-state index contributed by atoms with van der Waals surface area (Å²) in [5.74, 6) is 0. The summed E-state index contributed by atoms with van der Waals surface area (Å²) in [6.07, 6.45) is -1.53. The van der Waals surface area contributed by atoms with E-state index in [9.17, 15) is 4.79 Å². The van der Waals surface area contributed by atoms with E-state index in [0.29, 0.717) is 12.8 Å². The van der Waals surface area contributed by atoms with Crippen LogP contribution < -0.4 is 0 Å². The lowest BCUT2D eigenvalue weighted by Crippen LogP contribution is -2.55. The lowest BCUT2D eigenvalue weighted by Gasteiger charge is -2.43. The van der Waals surface area contributed by atoms with Crippen molar-refractivity contribution in [2.45, 2.75) is 75.9 Å². The first-order chi connectivity index (χ1) is 13.4. The third-order valence-corrected chi connectivity index (χ3v) is 4.97. The van der Waals surface area contributed by atoms with Gasteiger partial charge in [0, 0.05) is 34.2 Å². The fourth-order valence-electron chi connectivity index (χ4n) is 3.51. The average molecular weight is 404 g/mol. The highest BCUT2D eigenvalue weighted by Gasteiger charge is 2.44. The first-order valence-corrected chi connectivity index (χ1v) is 9.42. The molecule has 28 heavy (non-hydrogen) atoms. The summed E-state index contributed by atoms with van der Waals surface area (Å²) in [7, 11) is 4.78. The maximum atomic E-state index is 11.8. The van der Waals surface area contributed by atoms with Gasteiger partial charge in [-0.2, -0.15) is 0 Å². The van der Waals surface area contributed by atoms with Crippen LogP contribution in [0.5, 0.6) is 0 Å². The Morgan fingerprint density at radius 1 is 0.964 bits per heavy atom. The summed E-state index contributed by atoms with van der Waals surface area (Å²) in [4.78, 5) is 11.8. The highest BCUT2D eigenvalue weighted by atomic mass is 16.8. The fraction of sp³-hybridized carbons (Fsp3) is 0.842. The fourth-order valence-corrected chi connectivity index (χ4v) is 3.51. The van der Waals surface area contributed by atoms with Crippen LogP contribution in [0, 0.1) is 0 Å². The molecule has 0 radical (unpaired) electrons. The molecule has 9 nitrogen and oxygen atoms in total. The largest absolute Gasteiger partial charge is 0.509 e. The molecule has 2 aliphatic rings. The quantitative estimate of drug-likeness (QED) is 0.445. The van der Waals surface area contributed by atoms with Gasteiger partial charge < -0.3 is 37.9 Å². The Morgan fingerprint density at radius 3 is 2.14 bits per heavy atom. The molecule has 2 rings (SSSR count). The van der Waals surface area contributed by atoms with Crippen LogP contribution in [0.3, 0.4) is 0 Å². The van der Waals surface area contributed by atoms with Crippen molar-refractivity contribution in [3.8, 4) is 0 Å². The van der Waals surface area contributed by atoms with Gasteiger partial charge in [0.15, 0.2) is 18.7 Å². The van der Waals surface area contributed by atoms with Crippen LogP contribution in [0.1, 0.15) is 26.7 Å². The molecule has 0 N–H and O–H groups in total. The van der Waals surface area contributed by atoms with Gasteiger partial charge in [-0.3, -0.25) is 0 Å². The molecule has 0 aromatic heterocycles. The van der Waals surface area contributed by atoms with E-state index in [4.69, 9.17) is 37.9 Å². The SMILES string of the molecule is C=CCOC(=O)O[C@H]1[C@H](C)O[C@@H](O[C@H]2[C@H](C)O[C@@H](OC)C[C@@H]2OC)C[C@@H]1OC. The molecule has 8 atom stereocenters. The molecule has 2 saturated heterocycles. The second-order valence-corrected chi connectivity index (χ2v) is 6.83.